The van der Waals surface area contributed by atoms with Crippen LogP contribution in [-0.2, 0) is 10.0 Å². The van der Waals surface area contributed by atoms with Crippen molar-refractivity contribution in [2.24, 2.45) is 0 Å². The van der Waals surface area contributed by atoms with Gasteiger partial charge in [-0.15, -0.1) is 25.6 Å². The number of hydrogen-bond donors (Lipinski definition) is 1. The Kier molecular flexibility index (Phi) is 10.1. The van der Waals surface area contributed by atoms with E-state index in [-0.39, 0.29) is 40.9 Å². The van der Waals surface area contributed by atoms with E-state index in [1.807, 2.05) is 6.92 Å². The minimum atomic E-state index is -4.78. The molecule has 1 N–H and O–H groups in total. The van der Waals surface area contributed by atoms with Gasteiger partial charge in [0.25, 0.3) is 5.91 Å². The lowest BCUT2D eigenvalue weighted by atomic mass is 9.79. The third-order valence-electron chi connectivity index (χ3n) is 6.48. The van der Waals surface area contributed by atoms with Crippen LogP contribution in [0.2, 0.25) is 0 Å². The van der Waals surface area contributed by atoms with Crippen LogP contribution in [0.1, 0.15) is 55.8 Å². The van der Waals surface area contributed by atoms with Crippen molar-refractivity contribution in [2.75, 3.05) is 38.5 Å². The maximum absolute atomic E-state index is 12.7. The molecule has 3 rings (SSSR count). The van der Waals surface area contributed by atoms with Gasteiger partial charge >= 0.3 is 6.36 Å². The second-order valence-corrected chi connectivity index (χ2v) is 10.8. The summed E-state index contributed by atoms with van der Waals surface area (Å²) < 4.78 is 67.2. The number of piperazine rings is 1. The number of hydrogen-bond acceptors (Lipinski definition) is 5. The minimum Gasteiger partial charge on any atom is -0.406 e. The number of carbonyl (C=O) groups is 1. The molecular weight excluding hydrogens is 495 g/mol. The fourth-order valence-electron chi connectivity index (χ4n) is 4.80. The number of alkyl halides is 3. The van der Waals surface area contributed by atoms with Gasteiger partial charge in [-0.2, -0.15) is 4.31 Å². The smallest absolute Gasteiger partial charge is 0.406 e. The highest BCUT2D eigenvalue weighted by Crippen LogP contribution is 2.34. The van der Waals surface area contributed by atoms with E-state index in [1.165, 1.54) is 12.1 Å². The maximum Gasteiger partial charge on any atom is 0.573 e. The molecule has 1 aliphatic carbocycles. The van der Waals surface area contributed by atoms with Gasteiger partial charge in [-0.3, -0.25) is 9.69 Å². The molecular formula is C22H33ClF3N3O4S. The number of rotatable bonds is 8. The summed E-state index contributed by atoms with van der Waals surface area (Å²) in [6.45, 7) is 4.38. The third-order valence-corrected chi connectivity index (χ3v) is 8.55. The number of benzene rings is 1. The van der Waals surface area contributed by atoms with Crippen LogP contribution in [0.5, 0.6) is 5.75 Å². The average molecular weight is 528 g/mol. The SMILES string of the molecule is CCCS(=O)(=O)N1CCN(C2(CNC(=O)c3ccc(OC(F)(F)F)cc3)CCCCC2)CC1.Cl. The molecule has 0 unspecified atom stereocenters. The van der Waals surface area contributed by atoms with Crippen LogP contribution >= 0.6 is 12.4 Å². The van der Waals surface area contributed by atoms with Crippen LogP contribution < -0.4 is 10.1 Å². The zero-order chi connectivity index (χ0) is 24.1. The van der Waals surface area contributed by atoms with Crippen molar-refractivity contribution in [3.8, 4) is 5.75 Å². The third kappa shape index (κ3) is 7.47. The van der Waals surface area contributed by atoms with Crippen molar-refractivity contribution < 1.29 is 31.1 Å². The number of sulfonamides is 1. The van der Waals surface area contributed by atoms with Gasteiger partial charge in [0, 0.05) is 43.8 Å². The zero-order valence-corrected chi connectivity index (χ0v) is 20.9. The highest BCUT2D eigenvalue weighted by Gasteiger charge is 2.41. The molecule has 1 saturated carbocycles. The fourth-order valence-corrected chi connectivity index (χ4v) is 6.29. The molecule has 1 aromatic rings. The number of ether oxygens (including phenoxy) is 1. The molecule has 7 nitrogen and oxygen atoms in total. The van der Waals surface area contributed by atoms with Gasteiger partial charge in [-0.05, 0) is 43.5 Å². The fraction of sp³-hybridized carbons (Fsp3) is 0.682. The molecule has 34 heavy (non-hydrogen) atoms. The van der Waals surface area contributed by atoms with E-state index in [1.54, 1.807) is 4.31 Å². The summed E-state index contributed by atoms with van der Waals surface area (Å²) in [7, 11) is -3.23. The van der Waals surface area contributed by atoms with Crippen LogP contribution in [0.3, 0.4) is 0 Å². The van der Waals surface area contributed by atoms with Gasteiger partial charge in [-0.1, -0.05) is 26.2 Å². The largest absolute Gasteiger partial charge is 0.573 e. The highest BCUT2D eigenvalue weighted by atomic mass is 35.5. The minimum absolute atomic E-state index is 0. The molecule has 0 atom stereocenters. The van der Waals surface area contributed by atoms with Crippen molar-refractivity contribution in [1.82, 2.24) is 14.5 Å². The van der Waals surface area contributed by atoms with Crippen molar-refractivity contribution in [3.63, 3.8) is 0 Å². The van der Waals surface area contributed by atoms with Crippen LogP contribution in [0.25, 0.3) is 0 Å². The monoisotopic (exact) mass is 527 g/mol. The van der Waals surface area contributed by atoms with Crippen LogP contribution in [0, 0.1) is 0 Å². The van der Waals surface area contributed by atoms with Crippen molar-refractivity contribution in [3.05, 3.63) is 29.8 Å². The summed E-state index contributed by atoms with van der Waals surface area (Å²) >= 11 is 0. The first-order valence-electron chi connectivity index (χ1n) is 11.4. The molecule has 0 spiro atoms. The number of halogens is 4. The Bertz CT molecular complexity index is 899. The summed E-state index contributed by atoms with van der Waals surface area (Å²) in [5.41, 5.74) is 0.0133. The Labute approximate surface area is 205 Å². The van der Waals surface area contributed by atoms with Crippen molar-refractivity contribution >= 4 is 28.3 Å². The molecule has 0 bridgehead atoms. The maximum atomic E-state index is 12.7. The quantitative estimate of drug-likeness (QED) is 0.556. The van der Waals surface area contributed by atoms with Gasteiger partial charge in [0.15, 0.2) is 0 Å². The van der Waals surface area contributed by atoms with E-state index >= 15 is 0 Å². The summed E-state index contributed by atoms with van der Waals surface area (Å²) in [5.74, 6) is -0.581. The number of amides is 1. The Morgan fingerprint density at radius 3 is 2.18 bits per heavy atom. The molecule has 1 saturated heterocycles. The Morgan fingerprint density at radius 1 is 1.06 bits per heavy atom. The van der Waals surface area contributed by atoms with E-state index in [2.05, 4.69) is 15.0 Å². The van der Waals surface area contributed by atoms with Gasteiger partial charge in [0.2, 0.25) is 10.0 Å². The molecule has 2 aliphatic rings. The van der Waals surface area contributed by atoms with Gasteiger partial charge in [-0.25, -0.2) is 8.42 Å². The molecule has 194 valence electrons. The van der Waals surface area contributed by atoms with Gasteiger partial charge in [0.05, 0.1) is 5.75 Å². The Hall–Kier alpha value is -1.56. The second-order valence-electron chi connectivity index (χ2n) is 8.74. The van der Waals surface area contributed by atoms with E-state index in [9.17, 15) is 26.4 Å². The first-order chi connectivity index (χ1) is 15.5. The Balaban J connectivity index is 0.00000408. The summed E-state index contributed by atoms with van der Waals surface area (Å²) in [4.78, 5) is 15.0. The summed E-state index contributed by atoms with van der Waals surface area (Å²) in [6.07, 6.45) is 0.822. The van der Waals surface area contributed by atoms with Crippen LogP contribution in [0.15, 0.2) is 24.3 Å². The average Bonchev–Trinajstić information content (AvgIpc) is 2.78. The number of nitrogens with one attached hydrogen (secondary N) is 1. The van der Waals surface area contributed by atoms with E-state index < -0.39 is 16.4 Å². The topological polar surface area (TPSA) is 79.0 Å². The second kappa shape index (κ2) is 11.9. The lowest BCUT2D eigenvalue weighted by molar-refractivity contribution is -0.274. The Morgan fingerprint density at radius 2 is 1.65 bits per heavy atom. The van der Waals surface area contributed by atoms with E-state index in [4.69, 9.17) is 0 Å². The molecule has 1 aliphatic heterocycles. The summed E-state index contributed by atoms with van der Waals surface area (Å²) in [5, 5.41) is 2.96. The molecule has 0 radical (unpaired) electrons. The molecule has 0 aromatic heterocycles. The van der Waals surface area contributed by atoms with E-state index in [0.29, 0.717) is 39.1 Å². The van der Waals surface area contributed by atoms with Gasteiger partial charge in [0.1, 0.15) is 5.75 Å². The first-order valence-corrected chi connectivity index (χ1v) is 13.0. The van der Waals surface area contributed by atoms with Crippen LogP contribution in [0.4, 0.5) is 13.2 Å². The number of nitrogens with zero attached hydrogens (tertiary/aromatic N) is 2. The lowest BCUT2D eigenvalue weighted by Gasteiger charge is -2.49. The molecule has 12 heteroatoms. The van der Waals surface area contributed by atoms with Crippen molar-refractivity contribution in [2.45, 2.75) is 57.3 Å². The molecule has 2 fully saturated rings. The van der Waals surface area contributed by atoms with Crippen molar-refractivity contribution in [1.29, 1.82) is 0 Å². The molecule has 1 aromatic carbocycles. The molecule has 1 amide bonds. The predicted molar refractivity (Wildman–Crippen MR) is 126 cm³/mol. The number of carbonyl (C=O) groups excluding carboxylic acids is 1. The molecule has 1 heterocycles. The predicted octanol–water partition coefficient (Wildman–Crippen LogP) is 3.80. The van der Waals surface area contributed by atoms with Crippen LogP contribution in [-0.4, -0.2) is 73.9 Å². The van der Waals surface area contributed by atoms with Gasteiger partial charge < -0.3 is 10.1 Å². The lowest BCUT2D eigenvalue weighted by Crippen LogP contribution is -2.62. The zero-order valence-electron chi connectivity index (χ0n) is 19.3. The summed E-state index contributed by atoms with van der Waals surface area (Å²) in [6, 6.07) is 4.85. The normalized spacial score (nSPS) is 19.8. The van der Waals surface area contributed by atoms with E-state index in [0.717, 1.165) is 44.2 Å². The standard InChI is InChI=1S/C22H32F3N3O4S.ClH/c1-2-16-33(30,31)28-14-12-27(13-15-28)21(10-4-3-5-11-21)17-26-20(29)18-6-8-19(9-7-18)32-22(23,24)25;/h6-9H,2-5,10-17H2,1H3,(H,26,29);1H. The highest BCUT2D eigenvalue weighted by molar-refractivity contribution is 7.89. The first kappa shape index (κ1) is 28.7.